The first-order valence-corrected chi connectivity index (χ1v) is 8.02. The third-order valence-electron chi connectivity index (χ3n) is 3.59. The molecule has 0 amide bonds. The van der Waals surface area contributed by atoms with Crippen LogP contribution in [0.2, 0.25) is 0 Å². The van der Waals surface area contributed by atoms with Gasteiger partial charge in [-0.3, -0.25) is 4.68 Å². The molecule has 0 aliphatic heterocycles. The number of nitrogens with two attached hydrogens (primary N) is 1. The fourth-order valence-corrected chi connectivity index (χ4v) is 3.35. The second kappa shape index (κ2) is 5.92. The molecule has 3 rings (SSSR count). The van der Waals surface area contributed by atoms with Crippen molar-refractivity contribution in [2.24, 2.45) is 12.8 Å². The number of para-hydroxylation sites is 1. The van der Waals surface area contributed by atoms with Gasteiger partial charge in [0.15, 0.2) is 0 Å². The zero-order valence-electron chi connectivity index (χ0n) is 12.3. The molecule has 2 aromatic carbocycles. The molecule has 0 spiro atoms. The Morgan fingerprint density at radius 3 is 2.81 bits per heavy atom. The molecule has 0 aliphatic rings. The smallest absolute Gasteiger partial charge is 0.0805 e. The van der Waals surface area contributed by atoms with E-state index in [-0.39, 0.29) is 6.04 Å². The number of thioether (sulfide) groups is 1. The minimum atomic E-state index is 0.0706. The molecule has 1 heterocycles. The van der Waals surface area contributed by atoms with E-state index in [2.05, 4.69) is 47.6 Å². The third-order valence-corrected chi connectivity index (χ3v) is 4.60. The van der Waals surface area contributed by atoms with Crippen molar-refractivity contribution in [1.82, 2.24) is 9.78 Å². The van der Waals surface area contributed by atoms with E-state index < -0.39 is 0 Å². The summed E-state index contributed by atoms with van der Waals surface area (Å²) in [5.74, 6) is 0.865. The molecular weight excluding hydrogens is 278 g/mol. The number of hydrogen-bond donors (Lipinski definition) is 1. The highest BCUT2D eigenvalue weighted by molar-refractivity contribution is 7.98. The average molecular weight is 297 g/mol. The Bertz CT molecular complexity index is 762. The van der Waals surface area contributed by atoms with Crippen LogP contribution in [-0.4, -0.2) is 9.78 Å². The van der Waals surface area contributed by atoms with Gasteiger partial charge in [0.2, 0.25) is 0 Å². The van der Waals surface area contributed by atoms with Gasteiger partial charge in [0.05, 0.1) is 11.2 Å². The third kappa shape index (κ3) is 2.96. The molecule has 0 radical (unpaired) electrons. The summed E-state index contributed by atoms with van der Waals surface area (Å²) in [6.45, 7) is 2.01. The van der Waals surface area contributed by atoms with Gasteiger partial charge >= 0.3 is 0 Å². The van der Waals surface area contributed by atoms with E-state index in [0.29, 0.717) is 0 Å². The lowest BCUT2D eigenvalue weighted by atomic mass is 10.1. The van der Waals surface area contributed by atoms with Crippen molar-refractivity contribution >= 4 is 22.7 Å². The van der Waals surface area contributed by atoms with Crippen molar-refractivity contribution in [3.05, 3.63) is 59.8 Å². The fourth-order valence-electron chi connectivity index (χ4n) is 2.43. The van der Waals surface area contributed by atoms with Crippen LogP contribution in [0.5, 0.6) is 0 Å². The zero-order chi connectivity index (χ0) is 14.8. The summed E-state index contributed by atoms with van der Waals surface area (Å²) >= 11 is 1.80. The second-order valence-electron chi connectivity index (χ2n) is 5.24. The maximum absolute atomic E-state index is 5.94. The molecule has 3 nitrogen and oxygen atoms in total. The van der Waals surface area contributed by atoms with Gasteiger partial charge in [-0.1, -0.05) is 30.3 Å². The van der Waals surface area contributed by atoms with Gasteiger partial charge in [-0.15, -0.1) is 11.8 Å². The summed E-state index contributed by atoms with van der Waals surface area (Å²) in [7, 11) is 1.99. The van der Waals surface area contributed by atoms with Crippen molar-refractivity contribution < 1.29 is 0 Å². The minimum Gasteiger partial charge on any atom is -0.324 e. The van der Waals surface area contributed by atoms with Crippen LogP contribution in [-0.2, 0) is 12.8 Å². The van der Waals surface area contributed by atoms with Gasteiger partial charge in [0.1, 0.15) is 0 Å². The van der Waals surface area contributed by atoms with Crippen molar-refractivity contribution in [3.63, 3.8) is 0 Å². The standard InChI is InChI=1S/C17H19N3S/c1-12(18)13-6-5-7-14(10-13)21-11-16-15-8-3-4-9-17(15)20(2)19-16/h3-10,12H,11,18H2,1-2H3. The molecule has 0 saturated carbocycles. The largest absolute Gasteiger partial charge is 0.324 e. The van der Waals surface area contributed by atoms with Crippen LogP contribution in [0.15, 0.2) is 53.4 Å². The molecule has 1 atom stereocenters. The van der Waals surface area contributed by atoms with Gasteiger partial charge in [-0.05, 0) is 30.7 Å². The molecule has 0 bridgehead atoms. The molecule has 3 aromatic rings. The Morgan fingerprint density at radius 2 is 2.00 bits per heavy atom. The van der Waals surface area contributed by atoms with Crippen molar-refractivity contribution in [2.45, 2.75) is 23.6 Å². The van der Waals surface area contributed by atoms with E-state index in [1.807, 2.05) is 24.7 Å². The normalized spacial score (nSPS) is 12.7. The molecule has 1 unspecified atom stereocenters. The summed E-state index contributed by atoms with van der Waals surface area (Å²) in [5, 5.41) is 5.87. The lowest BCUT2D eigenvalue weighted by Crippen LogP contribution is -2.04. The summed E-state index contributed by atoms with van der Waals surface area (Å²) in [5.41, 5.74) is 9.42. The van der Waals surface area contributed by atoms with Gasteiger partial charge in [0, 0.05) is 29.1 Å². The predicted octanol–water partition coefficient (Wildman–Crippen LogP) is 3.89. The van der Waals surface area contributed by atoms with Gasteiger partial charge in [-0.2, -0.15) is 5.10 Å². The van der Waals surface area contributed by atoms with Crippen LogP contribution in [0, 0.1) is 0 Å². The number of aromatic nitrogens is 2. The number of fused-ring (bicyclic) bond motifs is 1. The average Bonchev–Trinajstić information content (AvgIpc) is 2.82. The second-order valence-corrected chi connectivity index (χ2v) is 6.29. The molecule has 4 heteroatoms. The monoisotopic (exact) mass is 297 g/mol. The zero-order valence-corrected chi connectivity index (χ0v) is 13.1. The van der Waals surface area contributed by atoms with Gasteiger partial charge in [-0.25, -0.2) is 0 Å². The van der Waals surface area contributed by atoms with Gasteiger partial charge < -0.3 is 5.73 Å². The summed E-state index contributed by atoms with van der Waals surface area (Å²) < 4.78 is 1.95. The number of rotatable bonds is 4. The van der Waals surface area contributed by atoms with E-state index in [4.69, 9.17) is 5.73 Å². The first-order valence-electron chi connectivity index (χ1n) is 7.04. The van der Waals surface area contributed by atoms with Gasteiger partial charge in [0.25, 0.3) is 0 Å². The highest BCUT2D eigenvalue weighted by Gasteiger charge is 2.08. The number of nitrogens with zero attached hydrogens (tertiary/aromatic N) is 2. The van der Waals surface area contributed by atoms with Crippen LogP contribution in [0.1, 0.15) is 24.2 Å². The number of hydrogen-bond acceptors (Lipinski definition) is 3. The lowest BCUT2D eigenvalue weighted by Gasteiger charge is -2.07. The predicted molar refractivity (Wildman–Crippen MR) is 89.3 cm³/mol. The maximum atomic E-state index is 5.94. The first-order chi connectivity index (χ1) is 10.1. The van der Waals surface area contributed by atoms with Crippen LogP contribution < -0.4 is 5.73 Å². The maximum Gasteiger partial charge on any atom is 0.0805 e. The molecule has 108 valence electrons. The summed E-state index contributed by atoms with van der Waals surface area (Å²) in [4.78, 5) is 1.24. The van der Waals surface area contributed by atoms with E-state index in [1.165, 1.54) is 21.4 Å². The number of benzene rings is 2. The highest BCUT2D eigenvalue weighted by atomic mass is 32.2. The highest BCUT2D eigenvalue weighted by Crippen LogP contribution is 2.27. The molecule has 0 aliphatic carbocycles. The van der Waals surface area contributed by atoms with Crippen LogP contribution in [0.4, 0.5) is 0 Å². The Morgan fingerprint density at radius 1 is 1.19 bits per heavy atom. The molecule has 1 aromatic heterocycles. The Labute approximate surface area is 129 Å². The Hall–Kier alpha value is -1.78. The molecule has 0 saturated heterocycles. The Kier molecular flexibility index (Phi) is 3.99. The Balaban J connectivity index is 1.82. The quantitative estimate of drug-likeness (QED) is 0.743. The molecule has 0 fully saturated rings. The van der Waals surface area contributed by atoms with Crippen molar-refractivity contribution in [1.29, 1.82) is 0 Å². The molecular formula is C17H19N3S. The lowest BCUT2D eigenvalue weighted by molar-refractivity contribution is 0.781. The van der Waals surface area contributed by atoms with E-state index in [1.54, 1.807) is 11.8 Å². The molecule has 21 heavy (non-hydrogen) atoms. The van der Waals surface area contributed by atoms with Crippen LogP contribution in [0.3, 0.4) is 0 Å². The van der Waals surface area contributed by atoms with Crippen molar-refractivity contribution in [2.75, 3.05) is 0 Å². The van der Waals surface area contributed by atoms with E-state index in [0.717, 1.165) is 11.4 Å². The summed E-state index contributed by atoms with van der Waals surface area (Å²) in [6, 6.07) is 16.9. The van der Waals surface area contributed by atoms with Crippen LogP contribution in [0.25, 0.3) is 10.9 Å². The van der Waals surface area contributed by atoms with E-state index >= 15 is 0 Å². The van der Waals surface area contributed by atoms with E-state index in [9.17, 15) is 0 Å². The SMILES string of the molecule is CC(N)c1cccc(SCc2nn(C)c3ccccc23)c1. The fraction of sp³-hybridized carbons (Fsp3) is 0.235. The topological polar surface area (TPSA) is 43.8 Å². The first kappa shape index (κ1) is 14.2. The summed E-state index contributed by atoms with van der Waals surface area (Å²) in [6.07, 6.45) is 0. The van der Waals surface area contributed by atoms with Crippen molar-refractivity contribution in [3.8, 4) is 0 Å². The minimum absolute atomic E-state index is 0.0706. The number of aryl methyl sites for hydroxylation is 1. The molecule has 2 N–H and O–H groups in total. The van der Waals surface area contributed by atoms with Crippen LogP contribution >= 0.6 is 11.8 Å².